The molecule has 0 atom stereocenters. The fraction of sp³-hybridized carbons (Fsp3) is 0.0968. The second-order valence-electron chi connectivity index (χ2n) is 9.19. The molecule has 3 aromatic carbocycles. The van der Waals surface area contributed by atoms with Gasteiger partial charge >= 0.3 is 0 Å². The van der Waals surface area contributed by atoms with Crippen LogP contribution in [0.15, 0.2) is 72.1 Å². The number of methoxy groups -OCH3 is 3. The first-order valence-corrected chi connectivity index (χ1v) is 14.7. The van der Waals surface area contributed by atoms with E-state index in [1.54, 1.807) is 69.9 Å². The van der Waals surface area contributed by atoms with Crippen LogP contribution in [0.2, 0.25) is 0 Å². The van der Waals surface area contributed by atoms with Gasteiger partial charge in [-0.05, 0) is 22.6 Å². The molecule has 11 nitrogen and oxygen atoms in total. The molecular weight excluding hydrogens is 601 g/mol. The largest absolute Gasteiger partial charge is 0.493 e. The number of nitrogens with one attached hydrogen (secondary N) is 2. The number of hydrogen-bond donors (Lipinski definition) is 3. The molecule has 44 heavy (non-hydrogen) atoms. The third-order valence-electron chi connectivity index (χ3n) is 6.28. The fourth-order valence-electron chi connectivity index (χ4n) is 4.22. The number of ether oxygens (including phenoxy) is 3. The molecule has 2 heterocycles. The maximum atomic E-state index is 12.6. The monoisotopic (exact) mass is 628 g/mol. The molecule has 0 saturated heterocycles. The normalized spacial score (nSPS) is 10.9. The lowest BCUT2D eigenvalue weighted by Crippen LogP contribution is -2.07. The summed E-state index contributed by atoms with van der Waals surface area (Å²) in [5.74, 6) is 1.54. The van der Waals surface area contributed by atoms with E-state index in [0.29, 0.717) is 60.6 Å². The number of thiazole rings is 2. The number of nitroso groups, excluding NO2 is 1. The summed E-state index contributed by atoms with van der Waals surface area (Å²) in [5.41, 5.74) is 10.2. The Morgan fingerprint density at radius 3 is 2.43 bits per heavy atom. The van der Waals surface area contributed by atoms with Gasteiger partial charge in [-0.3, -0.25) is 4.79 Å². The molecule has 0 bridgehead atoms. The summed E-state index contributed by atoms with van der Waals surface area (Å²) >= 11 is 2.81. The number of aromatic nitrogens is 2. The Labute approximate surface area is 261 Å². The molecule has 5 aromatic rings. The summed E-state index contributed by atoms with van der Waals surface area (Å²) in [6, 6.07) is 17.8. The number of carbonyl (C=O) groups is 1. The molecule has 5 rings (SSSR count). The Morgan fingerprint density at radius 2 is 1.73 bits per heavy atom. The van der Waals surface area contributed by atoms with E-state index in [9.17, 15) is 9.70 Å². The van der Waals surface area contributed by atoms with Gasteiger partial charge in [0, 0.05) is 47.6 Å². The topological polar surface area (TPSA) is 141 Å². The van der Waals surface area contributed by atoms with Crippen molar-refractivity contribution >= 4 is 62.7 Å². The number of rotatable bonds is 11. The zero-order valence-corrected chi connectivity index (χ0v) is 25.6. The predicted octanol–water partition coefficient (Wildman–Crippen LogP) is 7.14. The average Bonchev–Trinajstić information content (AvgIpc) is 3.66. The van der Waals surface area contributed by atoms with Gasteiger partial charge in [0.1, 0.15) is 21.4 Å². The zero-order chi connectivity index (χ0) is 31.2. The minimum Gasteiger partial charge on any atom is -0.493 e. The minimum atomic E-state index is -0.315. The van der Waals surface area contributed by atoms with Crippen LogP contribution in [-0.2, 0) is 4.79 Å². The molecule has 0 unspecified atom stereocenters. The van der Waals surface area contributed by atoms with Gasteiger partial charge in [0.15, 0.2) is 16.6 Å². The lowest BCUT2D eigenvalue weighted by atomic mass is 10.1. The Bertz CT molecular complexity index is 1840. The fourth-order valence-corrected chi connectivity index (χ4v) is 6.06. The van der Waals surface area contributed by atoms with Gasteiger partial charge in [-0.15, -0.1) is 11.3 Å². The van der Waals surface area contributed by atoms with Crippen molar-refractivity contribution in [2.45, 2.75) is 0 Å². The van der Waals surface area contributed by atoms with Crippen molar-refractivity contribution in [2.24, 2.45) is 0 Å². The number of benzene rings is 3. The van der Waals surface area contributed by atoms with Gasteiger partial charge in [-0.25, -0.2) is 9.97 Å². The third-order valence-corrected chi connectivity index (χ3v) is 8.26. The molecule has 0 radical (unpaired) electrons. The predicted molar refractivity (Wildman–Crippen MR) is 175 cm³/mol. The quantitative estimate of drug-likeness (QED) is 0.0791. The first-order valence-electron chi connectivity index (χ1n) is 13.0. The van der Waals surface area contributed by atoms with Crippen molar-refractivity contribution in [2.75, 3.05) is 37.7 Å². The Morgan fingerprint density at radius 1 is 0.977 bits per heavy atom. The van der Waals surface area contributed by atoms with Crippen LogP contribution in [0.5, 0.6) is 17.2 Å². The summed E-state index contributed by atoms with van der Waals surface area (Å²) < 4.78 is 16.8. The van der Waals surface area contributed by atoms with E-state index in [0.717, 1.165) is 16.1 Å². The van der Waals surface area contributed by atoms with Crippen LogP contribution in [0.4, 0.5) is 28.0 Å². The van der Waals surface area contributed by atoms with Crippen molar-refractivity contribution in [1.29, 1.82) is 0 Å². The van der Waals surface area contributed by atoms with Gasteiger partial charge in [-0.1, -0.05) is 58.6 Å². The van der Waals surface area contributed by atoms with Crippen LogP contribution >= 0.6 is 22.7 Å². The molecule has 0 spiro atoms. The highest BCUT2D eigenvalue weighted by molar-refractivity contribution is 7.23. The lowest BCUT2D eigenvalue weighted by molar-refractivity contribution is -0.392. The average molecular weight is 629 g/mol. The maximum Gasteiger partial charge on any atom is 0.248 e. The molecule has 4 N–H and O–H groups in total. The minimum absolute atomic E-state index is 0.315. The summed E-state index contributed by atoms with van der Waals surface area (Å²) in [4.78, 5) is 34.0. The van der Waals surface area contributed by atoms with Gasteiger partial charge in [0.25, 0.3) is 0 Å². The van der Waals surface area contributed by atoms with Crippen molar-refractivity contribution in [3.8, 4) is 38.4 Å². The van der Waals surface area contributed by atoms with E-state index >= 15 is 0 Å². The molecule has 0 aliphatic carbocycles. The number of amides is 1. The van der Waals surface area contributed by atoms with Crippen molar-refractivity contribution in [3.05, 3.63) is 89.6 Å². The van der Waals surface area contributed by atoms with Crippen molar-refractivity contribution < 1.29 is 23.8 Å². The second-order valence-corrected chi connectivity index (χ2v) is 11.0. The number of nitrogen functional groups attached to an aromatic ring is 1. The van der Waals surface area contributed by atoms with Crippen LogP contribution < -0.4 is 30.6 Å². The lowest BCUT2D eigenvalue weighted by Gasteiger charge is -2.14. The number of nitrogens with zero attached hydrogens (tertiary/aromatic N) is 3. The molecule has 1 amide bonds. The highest BCUT2D eigenvalue weighted by atomic mass is 32.1. The Hall–Kier alpha value is -5.40. The maximum absolute atomic E-state index is 12.6. The standard InChI is InChI=1S/C31H28N6O5S2/c1-37(39)22-10-5-7-18(13-22)11-12-26(38)33-20-9-6-8-19(14-20)23-17-43-30(35-23)28-29(32)36-31(44-28)34-21-15-24(40-2)27(42-4)25(16-21)41-3/h5-17H,1,32H2,2-4H3,(H,33,38)(H,34,36). The van der Waals surface area contributed by atoms with Crippen LogP contribution in [0.3, 0.4) is 0 Å². The van der Waals surface area contributed by atoms with Crippen LogP contribution in [0, 0.1) is 12.0 Å². The summed E-state index contributed by atoms with van der Waals surface area (Å²) in [5, 5.41) is 9.33. The highest BCUT2D eigenvalue weighted by Crippen LogP contribution is 2.43. The van der Waals surface area contributed by atoms with Gasteiger partial charge < -0.3 is 30.6 Å². The molecule has 0 saturated carbocycles. The molecule has 0 fully saturated rings. The smallest absolute Gasteiger partial charge is 0.248 e. The van der Waals surface area contributed by atoms with Crippen LogP contribution in [-0.4, -0.2) is 42.0 Å². The van der Waals surface area contributed by atoms with Crippen molar-refractivity contribution in [3.63, 3.8) is 0 Å². The summed E-state index contributed by atoms with van der Waals surface area (Å²) in [6.07, 6.45) is 3.03. The zero-order valence-electron chi connectivity index (χ0n) is 24.0. The molecule has 13 heteroatoms. The van der Waals surface area contributed by atoms with Gasteiger partial charge in [0.05, 0.1) is 27.0 Å². The Kier molecular flexibility index (Phi) is 9.07. The highest BCUT2D eigenvalue weighted by Gasteiger charge is 2.18. The Balaban J connectivity index is 1.29. The van der Waals surface area contributed by atoms with E-state index in [1.807, 2.05) is 23.6 Å². The van der Waals surface area contributed by atoms with Crippen molar-refractivity contribution in [1.82, 2.24) is 9.97 Å². The summed E-state index contributed by atoms with van der Waals surface area (Å²) in [7, 11) is 7.99. The number of hydrogen-bond acceptors (Lipinski definition) is 11. The first kappa shape index (κ1) is 30.1. The SMILES string of the molecule is [CH2-][N+](=O)c1cccc(C=CC(=O)Nc2cccc(-c3csc(-c4sc(Nc5cc(OC)c(OC)c(OC)c5)nc4N)n3)c2)c1. The molecule has 2 aromatic heterocycles. The molecular formula is C31H28N6O5S2. The second kappa shape index (κ2) is 13.3. The van der Waals surface area contributed by atoms with Crippen LogP contribution in [0.1, 0.15) is 5.56 Å². The van der Waals surface area contributed by atoms with Gasteiger partial charge in [-0.2, -0.15) is 0 Å². The number of nitrogens with two attached hydrogens (primary N) is 1. The molecule has 224 valence electrons. The van der Waals surface area contributed by atoms with E-state index in [1.165, 1.54) is 28.7 Å². The number of anilines is 4. The first-order chi connectivity index (χ1) is 21.3. The number of carbonyl (C=O) groups excluding carboxylic acids is 1. The van der Waals surface area contributed by atoms with E-state index in [2.05, 4.69) is 22.7 Å². The molecule has 0 aliphatic heterocycles. The van der Waals surface area contributed by atoms with Gasteiger partial charge in [0.2, 0.25) is 11.7 Å². The van der Waals surface area contributed by atoms with E-state index < -0.39 is 0 Å². The summed E-state index contributed by atoms with van der Waals surface area (Å²) in [6.45, 7) is 0. The van der Waals surface area contributed by atoms with Crippen LogP contribution in [0.25, 0.3) is 27.2 Å². The molecule has 0 aliphatic rings. The third kappa shape index (κ3) is 6.80. The van der Waals surface area contributed by atoms with E-state index in [-0.39, 0.29) is 5.91 Å². The van der Waals surface area contributed by atoms with E-state index in [4.69, 9.17) is 24.9 Å².